The molecule has 33 heavy (non-hydrogen) atoms. The highest BCUT2D eigenvalue weighted by Crippen LogP contribution is 2.72. The van der Waals surface area contributed by atoms with Gasteiger partial charge in [0.25, 0.3) is 0 Å². The molecular weight excluding hydrogens is 477 g/mol. The first-order valence-corrected chi connectivity index (χ1v) is 11.0. The average molecular weight is 496 g/mol. The normalized spacial score (nSPS) is 23.2. The zero-order chi connectivity index (χ0) is 23.5. The Labute approximate surface area is 196 Å². The number of rotatable bonds is 8. The number of aryl methyl sites for hydroxylation is 1. The Balaban J connectivity index is 1.28. The molecule has 0 aliphatic heterocycles. The van der Waals surface area contributed by atoms with Crippen LogP contribution in [-0.4, -0.2) is 54.1 Å². The lowest BCUT2D eigenvalue weighted by Crippen LogP contribution is -2.71. The van der Waals surface area contributed by atoms with Crippen molar-refractivity contribution in [3.05, 3.63) is 32.4 Å². The molecule has 3 aliphatic carbocycles. The van der Waals surface area contributed by atoms with Crippen molar-refractivity contribution in [2.45, 2.75) is 44.7 Å². The Morgan fingerprint density at radius 1 is 1.30 bits per heavy atom. The van der Waals surface area contributed by atoms with Crippen LogP contribution in [0.5, 0.6) is 5.88 Å². The minimum Gasteiger partial charge on any atom is -0.472 e. The van der Waals surface area contributed by atoms with Gasteiger partial charge in [-0.2, -0.15) is 10.1 Å². The number of ether oxygens (including phenoxy) is 2. The molecule has 0 aromatic carbocycles. The summed E-state index contributed by atoms with van der Waals surface area (Å²) in [6.45, 7) is 2.20. The van der Waals surface area contributed by atoms with E-state index in [2.05, 4.69) is 20.2 Å². The summed E-state index contributed by atoms with van der Waals surface area (Å²) in [6, 6.07) is 0. The van der Waals surface area contributed by atoms with Gasteiger partial charge in [-0.1, -0.05) is 11.6 Å². The number of esters is 1. The second-order valence-corrected chi connectivity index (χ2v) is 9.22. The molecule has 14 heteroatoms. The molecule has 3 heterocycles. The van der Waals surface area contributed by atoms with E-state index in [4.69, 9.17) is 32.7 Å². The van der Waals surface area contributed by atoms with Gasteiger partial charge in [0.15, 0.2) is 10.8 Å². The summed E-state index contributed by atoms with van der Waals surface area (Å²) in [5.74, 6) is -0.277. The minimum absolute atomic E-state index is 0.0388. The third-order valence-electron chi connectivity index (χ3n) is 6.47. The Morgan fingerprint density at radius 2 is 2.03 bits per heavy atom. The summed E-state index contributed by atoms with van der Waals surface area (Å²) in [6.07, 6.45) is 3.64. The van der Waals surface area contributed by atoms with E-state index in [1.165, 1.54) is 13.3 Å². The van der Waals surface area contributed by atoms with Gasteiger partial charge in [0.1, 0.15) is 5.69 Å². The number of nitrogens with zero attached hydrogens (tertiary/aromatic N) is 7. The maximum absolute atomic E-state index is 12.0. The van der Waals surface area contributed by atoms with Crippen LogP contribution < -0.4 is 4.74 Å². The van der Waals surface area contributed by atoms with E-state index < -0.39 is 15.9 Å². The number of carbonyl (C=O) groups is 1. The zero-order valence-electron chi connectivity index (χ0n) is 17.7. The monoisotopic (exact) mass is 495 g/mol. The summed E-state index contributed by atoms with van der Waals surface area (Å²) < 4.78 is 13.8. The number of nitro groups is 1. The largest absolute Gasteiger partial charge is 0.472 e. The van der Waals surface area contributed by atoms with Crippen LogP contribution in [0.3, 0.4) is 0 Å². The van der Waals surface area contributed by atoms with Crippen LogP contribution in [0.15, 0.2) is 6.20 Å². The van der Waals surface area contributed by atoms with E-state index in [1.54, 1.807) is 16.3 Å². The first-order valence-electron chi connectivity index (χ1n) is 10.2. The quantitative estimate of drug-likeness (QED) is 0.151. The van der Waals surface area contributed by atoms with Crippen molar-refractivity contribution < 1.29 is 19.2 Å². The summed E-state index contributed by atoms with van der Waals surface area (Å²) >= 11 is 12.0. The number of carbonyl (C=O) groups excluding carboxylic acids is 1. The van der Waals surface area contributed by atoms with Crippen molar-refractivity contribution in [1.29, 1.82) is 0 Å². The molecular formula is C19H19Cl2N7O5. The van der Waals surface area contributed by atoms with Crippen LogP contribution in [-0.2, 0) is 21.6 Å². The van der Waals surface area contributed by atoms with Gasteiger partial charge >= 0.3 is 17.5 Å². The fourth-order valence-electron chi connectivity index (χ4n) is 5.07. The molecule has 3 saturated carbocycles. The van der Waals surface area contributed by atoms with Crippen LogP contribution >= 0.6 is 23.2 Å². The number of fused-ring (bicyclic) bond motifs is 1. The Morgan fingerprint density at radius 3 is 2.70 bits per heavy atom. The lowest BCUT2D eigenvalue weighted by atomic mass is 9.39. The topological polar surface area (TPSA) is 140 Å². The molecule has 0 atom stereocenters. The highest BCUT2D eigenvalue weighted by Gasteiger charge is 2.74. The highest BCUT2D eigenvalue weighted by atomic mass is 35.5. The number of hydrogen-bond donors (Lipinski definition) is 0. The molecule has 0 spiro atoms. The maximum Gasteiger partial charge on any atom is 0.352 e. The van der Waals surface area contributed by atoms with Gasteiger partial charge in [0, 0.05) is 19.2 Å². The van der Waals surface area contributed by atoms with Crippen LogP contribution in [0.2, 0.25) is 10.4 Å². The molecule has 6 rings (SSSR count). The smallest absolute Gasteiger partial charge is 0.352 e. The van der Waals surface area contributed by atoms with Crippen molar-refractivity contribution in [2.75, 3.05) is 13.7 Å². The fraction of sp³-hybridized carbons (Fsp3) is 0.526. The second-order valence-electron chi connectivity index (χ2n) is 8.53. The van der Waals surface area contributed by atoms with Gasteiger partial charge < -0.3 is 9.47 Å². The van der Waals surface area contributed by atoms with E-state index >= 15 is 0 Å². The number of aromatic nitrogens is 6. The van der Waals surface area contributed by atoms with Crippen molar-refractivity contribution in [3.63, 3.8) is 0 Å². The SMILES string of the molecule is COC(=O)C12CC(n3nc(OCCCn4nc(Cl)c5cnc(Cl)nc54)c([N+](=O)[O-])c3C)(C1)C2. The molecule has 0 N–H and O–H groups in total. The predicted molar refractivity (Wildman–Crippen MR) is 115 cm³/mol. The fourth-order valence-corrected chi connectivity index (χ4v) is 5.42. The summed E-state index contributed by atoms with van der Waals surface area (Å²) in [4.78, 5) is 31.2. The summed E-state index contributed by atoms with van der Waals surface area (Å²) in [7, 11) is 1.37. The van der Waals surface area contributed by atoms with E-state index in [1.807, 2.05) is 0 Å². The summed E-state index contributed by atoms with van der Waals surface area (Å²) in [5.41, 5.74) is -0.144. The van der Waals surface area contributed by atoms with E-state index in [-0.39, 0.29) is 34.6 Å². The Hall–Kier alpha value is -2.99. The van der Waals surface area contributed by atoms with Crippen molar-refractivity contribution in [3.8, 4) is 5.88 Å². The van der Waals surface area contributed by atoms with Gasteiger partial charge in [0.05, 0.1) is 35.0 Å². The third kappa shape index (κ3) is 3.22. The molecule has 0 radical (unpaired) electrons. The van der Waals surface area contributed by atoms with Crippen LogP contribution in [0, 0.1) is 22.5 Å². The third-order valence-corrected chi connectivity index (χ3v) is 6.94. The molecule has 3 aliphatic rings. The second kappa shape index (κ2) is 7.52. The van der Waals surface area contributed by atoms with Crippen LogP contribution in [0.25, 0.3) is 11.0 Å². The van der Waals surface area contributed by atoms with Crippen molar-refractivity contribution in [2.24, 2.45) is 5.41 Å². The maximum atomic E-state index is 12.0. The summed E-state index contributed by atoms with van der Waals surface area (Å²) in [5, 5.41) is 21.2. The molecule has 0 amide bonds. The molecule has 0 saturated heterocycles. The van der Waals surface area contributed by atoms with Gasteiger partial charge in [0.2, 0.25) is 5.28 Å². The molecule has 3 aromatic heterocycles. The number of halogens is 2. The molecule has 3 fully saturated rings. The molecule has 12 nitrogen and oxygen atoms in total. The van der Waals surface area contributed by atoms with E-state index in [0.29, 0.717) is 49.0 Å². The Kier molecular flexibility index (Phi) is 4.98. The lowest BCUT2D eigenvalue weighted by molar-refractivity contribution is -0.386. The zero-order valence-corrected chi connectivity index (χ0v) is 19.3. The number of methoxy groups -OCH3 is 1. The van der Waals surface area contributed by atoms with Crippen molar-refractivity contribution >= 4 is 45.9 Å². The standard InChI is InChI=1S/C19H19Cl2N7O5/c1-10-12(28(30)31)15(25-27(10)19-7-18(8-19,9-19)16(29)32-2)33-5-3-4-26-14-11(13(20)24-26)6-22-17(21)23-14/h6H,3-5,7-9H2,1-2H3. The van der Waals surface area contributed by atoms with Gasteiger partial charge in [-0.25, -0.2) is 9.67 Å². The van der Waals surface area contributed by atoms with Gasteiger partial charge in [-0.15, -0.1) is 5.10 Å². The van der Waals surface area contributed by atoms with Crippen LogP contribution in [0.1, 0.15) is 31.4 Å². The minimum atomic E-state index is -0.491. The van der Waals surface area contributed by atoms with E-state index in [9.17, 15) is 14.9 Å². The van der Waals surface area contributed by atoms with Gasteiger partial charge in [-0.05, 0) is 37.8 Å². The predicted octanol–water partition coefficient (Wildman–Crippen LogP) is 3.07. The van der Waals surface area contributed by atoms with Gasteiger partial charge in [-0.3, -0.25) is 19.6 Å². The molecule has 0 unspecified atom stereocenters. The highest BCUT2D eigenvalue weighted by molar-refractivity contribution is 6.34. The first-order chi connectivity index (χ1) is 15.7. The van der Waals surface area contributed by atoms with E-state index in [0.717, 1.165) is 0 Å². The number of hydrogen-bond acceptors (Lipinski definition) is 9. The van der Waals surface area contributed by atoms with Crippen LogP contribution in [0.4, 0.5) is 5.69 Å². The Bertz CT molecular complexity index is 1280. The first kappa shape index (κ1) is 21.8. The molecule has 3 aromatic rings. The average Bonchev–Trinajstić information content (AvgIpc) is 3.20. The molecule has 2 bridgehead atoms. The molecule has 174 valence electrons. The lowest BCUT2D eigenvalue weighted by Gasteiger charge is -2.67. The van der Waals surface area contributed by atoms with Crippen molar-refractivity contribution in [1.82, 2.24) is 29.5 Å².